The van der Waals surface area contributed by atoms with E-state index >= 15 is 0 Å². The third-order valence-electron chi connectivity index (χ3n) is 2.41. The van der Waals surface area contributed by atoms with Crippen molar-refractivity contribution in [1.29, 1.82) is 0 Å². The van der Waals surface area contributed by atoms with Crippen LogP contribution in [0, 0.1) is 0 Å². The molecule has 1 rings (SSSR count). The van der Waals surface area contributed by atoms with Crippen LogP contribution in [0.25, 0.3) is 0 Å². The number of amides is 1. The summed E-state index contributed by atoms with van der Waals surface area (Å²) >= 11 is 0. The SMILES string of the molecule is CC(=O)NCc1ccc(S(=O)(=O)C(C)C)cc1. The summed E-state index contributed by atoms with van der Waals surface area (Å²) in [6, 6.07) is 6.58. The Morgan fingerprint density at radius 3 is 2.18 bits per heavy atom. The van der Waals surface area contributed by atoms with E-state index in [-0.39, 0.29) is 5.91 Å². The van der Waals surface area contributed by atoms with E-state index in [1.54, 1.807) is 38.1 Å². The minimum absolute atomic E-state index is 0.108. The quantitative estimate of drug-likeness (QED) is 0.887. The highest BCUT2D eigenvalue weighted by Gasteiger charge is 2.18. The second-order valence-electron chi connectivity index (χ2n) is 4.15. The fourth-order valence-corrected chi connectivity index (χ4v) is 2.36. The van der Waals surface area contributed by atoms with E-state index in [4.69, 9.17) is 0 Å². The van der Waals surface area contributed by atoms with Crippen LogP contribution in [0.5, 0.6) is 0 Å². The average Bonchev–Trinajstić information content (AvgIpc) is 2.26. The summed E-state index contributed by atoms with van der Waals surface area (Å²) in [6.07, 6.45) is 0. The summed E-state index contributed by atoms with van der Waals surface area (Å²) in [5.41, 5.74) is 0.878. The van der Waals surface area contributed by atoms with Crippen LogP contribution >= 0.6 is 0 Å². The molecule has 1 amide bonds. The summed E-state index contributed by atoms with van der Waals surface area (Å²) in [6.45, 7) is 5.16. The lowest BCUT2D eigenvalue weighted by atomic mass is 10.2. The van der Waals surface area contributed by atoms with Gasteiger partial charge in [-0.25, -0.2) is 8.42 Å². The van der Waals surface area contributed by atoms with Crippen molar-refractivity contribution < 1.29 is 13.2 Å². The number of hydrogen-bond donors (Lipinski definition) is 1. The Morgan fingerprint density at radius 1 is 1.24 bits per heavy atom. The largest absolute Gasteiger partial charge is 0.352 e. The van der Waals surface area contributed by atoms with Crippen molar-refractivity contribution in [3.05, 3.63) is 29.8 Å². The summed E-state index contributed by atoms with van der Waals surface area (Å²) in [5, 5.41) is 2.23. The van der Waals surface area contributed by atoms with Gasteiger partial charge >= 0.3 is 0 Å². The van der Waals surface area contributed by atoms with Gasteiger partial charge in [-0.3, -0.25) is 4.79 Å². The summed E-state index contributed by atoms with van der Waals surface area (Å²) < 4.78 is 23.7. The molecule has 1 aromatic carbocycles. The van der Waals surface area contributed by atoms with Crippen LogP contribution in [0.4, 0.5) is 0 Å². The molecule has 0 saturated heterocycles. The van der Waals surface area contributed by atoms with Crippen LogP contribution in [0.3, 0.4) is 0 Å². The van der Waals surface area contributed by atoms with Crippen molar-refractivity contribution in [1.82, 2.24) is 5.32 Å². The molecular formula is C12H17NO3S. The van der Waals surface area contributed by atoms with Crippen molar-refractivity contribution in [2.24, 2.45) is 0 Å². The maximum atomic E-state index is 11.8. The normalized spacial score (nSPS) is 11.5. The second-order valence-corrected chi connectivity index (χ2v) is 6.65. The summed E-state index contributed by atoms with van der Waals surface area (Å²) in [4.78, 5) is 11.0. The van der Waals surface area contributed by atoms with Gasteiger partial charge in [-0.05, 0) is 31.5 Å². The molecule has 0 heterocycles. The van der Waals surface area contributed by atoms with Crippen molar-refractivity contribution >= 4 is 15.7 Å². The minimum atomic E-state index is -3.21. The molecule has 0 bridgehead atoms. The van der Waals surface area contributed by atoms with Gasteiger partial charge in [0, 0.05) is 13.5 Å². The zero-order valence-corrected chi connectivity index (χ0v) is 11.0. The molecule has 0 fully saturated rings. The lowest BCUT2D eigenvalue weighted by molar-refractivity contribution is -0.119. The number of carbonyl (C=O) groups excluding carboxylic acids is 1. The highest BCUT2D eigenvalue weighted by atomic mass is 32.2. The van der Waals surface area contributed by atoms with Gasteiger partial charge in [-0.1, -0.05) is 12.1 Å². The number of benzene rings is 1. The number of carbonyl (C=O) groups is 1. The van der Waals surface area contributed by atoms with E-state index in [2.05, 4.69) is 5.32 Å². The number of nitrogens with one attached hydrogen (secondary N) is 1. The van der Waals surface area contributed by atoms with Crippen LogP contribution in [-0.2, 0) is 21.2 Å². The van der Waals surface area contributed by atoms with Gasteiger partial charge in [-0.15, -0.1) is 0 Å². The van der Waals surface area contributed by atoms with E-state index in [1.165, 1.54) is 6.92 Å². The van der Waals surface area contributed by atoms with Crippen molar-refractivity contribution in [2.75, 3.05) is 0 Å². The first kappa shape index (κ1) is 13.7. The third kappa shape index (κ3) is 3.56. The van der Waals surface area contributed by atoms with Gasteiger partial charge in [0.25, 0.3) is 0 Å². The van der Waals surface area contributed by atoms with Gasteiger partial charge < -0.3 is 5.32 Å². The predicted molar refractivity (Wildman–Crippen MR) is 66.3 cm³/mol. The smallest absolute Gasteiger partial charge is 0.217 e. The zero-order valence-electron chi connectivity index (χ0n) is 10.2. The molecule has 1 N–H and O–H groups in total. The topological polar surface area (TPSA) is 63.2 Å². The van der Waals surface area contributed by atoms with Crippen LogP contribution in [0.1, 0.15) is 26.3 Å². The maximum absolute atomic E-state index is 11.8. The van der Waals surface area contributed by atoms with Crippen LogP contribution < -0.4 is 5.32 Å². The molecule has 0 aliphatic rings. The predicted octanol–water partition coefficient (Wildman–Crippen LogP) is 1.50. The molecule has 0 aliphatic carbocycles. The molecule has 5 heteroatoms. The zero-order chi connectivity index (χ0) is 13.1. The number of sulfone groups is 1. The average molecular weight is 255 g/mol. The highest BCUT2D eigenvalue weighted by molar-refractivity contribution is 7.92. The van der Waals surface area contributed by atoms with E-state index in [0.29, 0.717) is 11.4 Å². The molecule has 4 nitrogen and oxygen atoms in total. The lowest BCUT2D eigenvalue weighted by Crippen LogP contribution is -2.19. The van der Waals surface area contributed by atoms with Crippen molar-refractivity contribution in [3.63, 3.8) is 0 Å². The number of rotatable bonds is 4. The second kappa shape index (κ2) is 5.31. The first-order chi connectivity index (χ1) is 7.84. The van der Waals surface area contributed by atoms with E-state index in [0.717, 1.165) is 5.56 Å². The fourth-order valence-electron chi connectivity index (χ4n) is 1.30. The highest BCUT2D eigenvalue weighted by Crippen LogP contribution is 2.16. The Bertz CT molecular complexity index is 489. The molecular weight excluding hydrogens is 238 g/mol. The molecule has 0 atom stereocenters. The van der Waals surface area contributed by atoms with E-state index in [9.17, 15) is 13.2 Å². The molecule has 94 valence electrons. The van der Waals surface area contributed by atoms with Gasteiger partial charge in [0.15, 0.2) is 9.84 Å². The number of hydrogen-bond acceptors (Lipinski definition) is 3. The summed E-state index contributed by atoms with van der Waals surface area (Å²) in [5.74, 6) is -0.108. The van der Waals surface area contributed by atoms with Crippen molar-refractivity contribution in [2.45, 2.75) is 37.5 Å². The fraction of sp³-hybridized carbons (Fsp3) is 0.417. The molecule has 0 aromatic heterocycles. The summed E-state index contributed by atoms with van der Waals surface area (Å²) in [7, 11) is -3.21. The van der Waals surface area contributed by atoms with Crippen molar-refractivity contribution in [3.8, 4) is 0 Å². The Hall–Kier alpha value is -1.36. The molecule has 0 saturated carbocycles. The van der Waals surface area contributed by atoms with E-state index < -0.39 is 15.1 Å². The van der Waals surface area contributed by atoms with Gasteiger partial charge in [0.05, 0.1) is 10.1 Å². The molecule has 0 spiro atoms. The minimum Gasteiger partial charge on any atom is -0.352 e. The maximum Gasteiger partial charge on any atom is 0.217 e. The molecule has 0 aliphatic heterocycles. The third-order valence-corrected chi connectivity index (χ3v) is 4.58. The monoisotopic (exact) mass is 255 g/mol. The Labute approximate surface area is 102 Å². The Balaban J connectivity index is 2.85. The van der Waals surface area contributed by atoms with E-state index in [1.807, 2.05) is 0 Å². The first-order valence-corrected chi connectivity index (χ1v) is 6.96. The Morgan fingerprint density at radius 2 is 1.76 bits per heavy atom. The van der Waals surface area contributed by atoms with Crippen LogP contribution in [0.15, 0.2) is 29.2 Å². The van der Waals surface area contributed by atoms with Gasteiger partial charge in [-0.2, -0.15) is 0 Å². The van der Waals surface area contributed by atoms with Crippen LogP contribution in [0.2, 0.25) is 0 Å². The Kier molecular flexibility index (Phi) is 4.28. The standard InChI is InChI=1S/C12H17NO3S/c1-9(2)17(15,16)12-6-4-11(5-7-12)8-13-10(3)14/h4-7,9H,8H2,1-3H3,(H,13,14). The lowest BCUT2D eigenvalue weighted by Gasteiger charge is -2.08. The molecule has 0 unspecified atom stereocenters. The first-order valence-electron chi connectivity index (χ1n) is 5.41. The molecule has 17 heavy (non-hydrogen) atoms. The molecule has 0 radical (unpaired) electrons. The van der Waals surface area contributed by atoms with Crippen LogP contribution in [-0.4, -0.2) is 19.6 Å². The van der Waals surface area contributed by atoms with Gasteiger partial charge in [0.2, 0.25) is 5.91 Å². The molecule has 1 aromatic rings. The van der Waals surface area contributed by atoms with Gasteiger partial charge in [0.1, 0.15) is 0 Å².